The minimum Gasteiger partial charge on any atom is -0.338 e. The number of carbonyl (C=O) groups is 1. The third-order valence-corrected chi connectivity index (χ3v) is 5.67. The Hall–Kier alpha value is -2.67. The Kier molecular flexibility index (Phi) is 4.94. The predicted octanol–water partition coefficient (Wildman–Crippen LogP) is 4.50. The SMILES string of the molecule is O=C(c1ccc(-c2ccc(F)cc2)cc1F)N1CCCC(c2nncs2)C1. The molecule has 4 nitrogen and oxygen atoms in total. The number of nitrogens with zero attached hydrogens (tertiary/aromatic N) is 3. The average Bonchev–Trinajstić information content (AvgIpc) is 3.23. The van der Waals surface area contributed by atoms with Crippen LogP contribution in [0, 0.1) is 11.6 Å². The van der Waals surface area contributed by atoms with Crippen molar-refractivity contribution >= 4 is 17.2 Å². The van der Waals surface area contributed by atoms with E-state index in [0.717, 1.165) is 17.8 Å². The van der Waals surface area contributed by atoms with Gasteiger partial charge in [-0.25, -0.2) is 8.78 Å². The molecule has 1 aliphatic rings. The Labute approximate surface area is 159 Å². The zero-order chi connectivity index (χ0) is 18.8. The van der Waals surface area contributed by atoms with Gasteiger partial charge >= 0.3 is 0 Å². The van der Waals surface area contributed by atoms with Crippen LogP contribution in [-0.2, 0) is 0 Å². The first kappa shape index (κ1) is 17.7. The summed E-state index contributed by atoms with van der Waals surface area (Å²) in [5.74, 6) is -1.08. The van der Waals surface area contributed by atoms with E-state index in [-0.39, 0.29) is 23.2 Å². The van der Waals surface area contributed by atoms with Crippen molar-refractivity contribution in [1.82, 2.24) is 15.1 Å². The van der Waals surface area contributed by atoms with Gasteiger partial charge in [0.2, 0.25) is 0 Å². The standard InChI is InChI=1S/C20H17F2N3OS/c21-16-6-3-13(4-7-16)14-5-8-17(18(22)10-14)20(26)25-9-1-2-15(11-25)19-24-23-12-27-19/h3-8,10,12,15H,1-2,9,11H2. The molecule has 7 heteroatoms. The molecule has 1 unspecified atom stereocenters. The van der Waals surface area contributed by atoms with Gasteiger partial charge in [-0.1, -0.05) is 18.2 Å². The first-order chi connectivity index (χ1) is 13.1. The van der Waals surface area contributed by atoms with E-state index < -0.39 is 5.82 Å². The van der Waals surface area contributed by atoms with Crippen LogP contribution < -0.4 is 0 Å². The summed E-state index contributed by atoms with van der Waals surface area (Å²) in [5.41, 5.74) is 3.04. The third-order valence-electron chi connectivity index (χ3n) is 4.81. The van der Waals surface area contributed by atoms with E-state index >= 15 is 0 Å². The molecule has 1 aromatic heterocycles. The van der Waals surface area contributed by atoms with Crippen molar-refractivity contribution in [2.24, 2.45) is 0 Å². The predicted molar refractivity (Wildman–Crippen MR) is 99.6 cm³/mol. The summed E-state index contributed by atoms with van der Waals surface area (Å²) in [5, 5.41) is 8.89. The maximum absolute atomic E-state index is 14.6. The van der Waals surface area contributed by atoms with Crippen LogP contribution >= 0.6 is 11.3 Å². The summed E-state index contributed by atoms with van der Waals surface area (Å²) in [6.07, 6.45) is 1.80. The van der Waals surface area contributed by atoms with E-state index in [2.05, 4.69) is 10.2 Å². The molecule has 1 fully saturated rings. The van der Waals surface area contributed by atoms with Crippen molar-refractivity contribution in [3.63, 3.8) is 0 Å². The summed E-state index contributed by atoms with van der Waals surface area (Å²) in [6.45, 7) is 1.13. The number of benzene rings is 2. The second-order valence-electron chi connectivity index (χ2n) is 6.57. The molecule has 138 valence electrons. The molecule has 1 amide bonds. The van der Waals surface area contributed by atoms with Crippen LogP contribution in [0.15, 0.2) is 48.0 Å². The molecule has 3 aromatic rings. The van der Waals surface area contributed by atoms with E-state index in [0.29, 0.717) is 24.2 Å². The second kappa shape index (κ2) is 7.52. The lowest BCUT2D eigenvalue weighted by Crippen LogP contribution is -2.39. The molecule has 1 atom stereocenters. The zero-order valence-corrected chi connectivity index (χ0v) is 15.3. The van der Waals surface area contributed by atoms with Crippen LogP contribution in [0.4, 0.5) is 8.78 Å². The zero-order valence-electron chi connectivity index (χ0n) is 14.4. The quantitative estimate of drug-likeness (QED) is 0.667. The Bertz CT molecular complexity index is 944. The van der Waals surface area contributed by atoms with Crippen molar-refractivity contribution in [1.29, 1.82) is 0 Å². The lowest BCUT2D eigenvalue weighted by atomic mass is 9.97. The molecular weight excluding hydrogens is 368 g/mol. The number of hydrogen-bond acceptors (Lipinski definition) is 4. The molecule has 0 saturated carbocycles. The Morgan fingerprint density at radius 2 is 1.89 bits per heavy atom. The van der Waals surface area contributed by atoms with Gasteiger partial charge in [-0.3, -0.25) is 4.79 Å². The van der Waals surface area contributed by atoms with Gasteiger partial charge in [-0.15, -0.1) is 21.5 Å². The van der Waals surface area contributed by atoms with Crippen LogP contribution in [0.5, 0.6) is 0 Å². The highest BCUT2D eigenvalue weighted by atomic mass is 32.1. The number of aromatic nitrogens is 2. The monoisotopic (exact) mass is 385 g/mol. The van der Waals surface area contributed by atoms with Gasteiger partial charge in [0, 0.05) is 19.0 Å². The maximum Gasteiger partial charge on any atom is 0.256 e. The second-order valence-corrected chi connectivity index (χ2v) is 7.43. The Morgan fingerprint density at radius 3 is 2.59 bits per heavy atom. The van der Waals surface area contributed by atoms with E-state index in [4.69, 9.17) is 0 Å². The normalized spacial score (nSPS) is 17.1. The van der Waals surface area contributed by atoms with E-state index in [1.807, 2.05) is 0 Å². The first-order valence-corrected chi connectivity index (χ1v) is 9.60. The molecule has 4 rings (SSSR count). The Balaban J connectivity index is 1.54. The van der Waals surface area contributed by atoms with Crippen molar-refractivity contribution in [2.75, 3.05) is 13.1 Å². The number of halogens is 2. The van der Waals surface area contributed by atoms with Crippen molar-refractivity contribution in [2.45, 2.75) is 18.8 Å². The fourth-order valence-electron chi connectivity index (χ4n) is 3.40. The number of amides is 1. The first-order valence-electron chi connectivity index (χ1n) is 8.72. The molecule has 0 bridgehead atoms. The van der Waals surface area contributed by atoms with E-state index in [1.165, 1.54) is 35.6 Å². The number of hydrogen-bond donors (Lipinski definition) is 0. The van der Waals surface area contributed by atoms with Gasteiger partial charge in [-0.2, -0.15) is 0 Å². The van der Waals surface area contributed by atoms with Crippen LogP contribution in [0.2, 0.25) is 0 Å². The maximum atomic E-state index is 14.6. The fraction of sp³-hybridized carbons (Fsp3) is 0.250. The lowest BCUT2D eigenvalue weighted by Gasteiger charge is -2.31. The third kappa shape index (κ3) is 3.73. The van der Waals surface area contributed by atoms with Crippen LogP contribution in [0.3, 0.4) is 0 Å². The molecular formula is C20H17F2N3OS. The van der Waals surface area contributed by atoms with Gasteiger partial charge in [0.15, 0.2) is 0 Å². The molecule has 0 N–H and O–H groups in total. The summed E-state index contributed by atoms with van der Waals surface area (Å²) < 4.78 is 27.7. The van der Waals surface area contributed by atoms with Gasteiger partial charge < -0.3 is 4.90 Å². The van der Waals surface area contributed by atoms with Gasteiger partial charge in [0.05, 0.1) is 5.56 Å². The topological polar surface area (TPSA) is 46.1 Å². The van der Waals surface area contributed by atoms with Crippen molar-refractivity contribution in [3.05, 3.63) is 70.2 Å². The molecule has 2 aromatic carbocycles. The van der Waals surface area contributed by atoms with Gasteiger partial charge in [0.25, 0.3) is 5.91 Å². The molecule has 2 heterocycles. The number of carbonyl (C=O) groups excluding carboxylic acids is 1. The van der Waals surface area contributed by atoms with Crippen molar-refractivity contribution < 1.29 is 13.6 Å². The van der Waals surface area contributed by atoms with Crippen LogP contribution in [0.25, 0.3) is 11.1 Å². The number of likely N-dealkylation sites (tertiary alicyclic amines) is 1. The van der Waals surface area contributed by atoms with Gasteiger partial charge in [-0.05, 0) is 48.2 Å². The Morgan fingerprint density at radius 1 is 1.11 bits per heavy atom. The summed E-state index contributed by atoms with van der Waals surface area (Å²) in [4.78, 5) is 14.5. The number of piperidine rings is 1. The molecule has 0 spiro atoms. The summed E-state index contributed by atoms with van der Waals surface area (Å²) >= 11 is 1.48. The van der Waals surface area contributed by atoms with E-state index in [1.54, 1.807) is 28.6 Å². The average molecular weight is 385 g/mol. The molecule has 0 aliphatic carbocycles. The minimum atomic E-state index is -0.570. The summed E-state index contributed by atoms with van der Waals surface area (Å²) in [7, 11) is 0. The van der Waals surface area contributed by atoms with E-state index in [9.17, 15) is 13.6 Å². The molecule has 27 heavy (non-hydrogen) atoms. The minimum absolute atomic E-state index is 0.0544. The lowest BCUT2D eigenvalue weighted by molar-refractivity contribution is 0.0702. The highest BCUT2D eigenvalue weighted by molar-refractivity contribution is 7.09. The van der Waals surface area contributed by atoms with Gasteiger partial charge in [0.1, 0.15) is 22.2 Å². The smallest absolute Gasteiger partial charge is 0.256 e. The molecule has 1 aliphatic heterocycles. The highest BCUT2D eigenvalue weighted by Crippen LogP contribution is 2.29. The van der Waals surface area contributed by atoms with Crippen LogP contribution in [-0.4, -0.2) is 34.1 Å². The fourth-order valence-corrected chi connectivity index (χ4v) is 4.08. The summed E-state index contributed by atoms with van der Waals surface area (Å²) in [6, 6.07) is 10.3. The molecule has 0 radical (unpaired) electrons. The molecule has 1 saturated heterocycles. The highest BCUT2D eigenvalue weighted by Gasteiger charge is 2.28. The van der Waals surface area contributed by atoms with Crippen LogP contribution in [0.1, 0.15) is 34.1 Å². The number of rotatable bonds is 3. The largest absolute Gasteiger partial charge is 0.338 e. The van der Waals surface area contributed by atoms with Crippen molar-refractivity contribution in [3.8, 4) is 11.1 Å².